The van der Waals surface area contributed by atoms with Gasteiger partial charge in [0.1, 0.15) is 0 Å². The molecule has 0 saturated carbocycles. The lowest BCUT2D eigenvalue weighted by atomic mass is 9.82. The molecule has 3 rings (SSSR count). The van der Waals surface area contributed by atoms with Gasteiger partial charge in [-0.25, -0.2) is 4.79 Å². The number of methoxy groups -OCH3 is 1. The number of anilines is 1. The monoisotopic (exact) mass is 484 g/mol. The highest BCUT2D eigenvalue weighted by atomic mass is 16.6. The maximum Gasteiger partial charge on any atom is 0.340 e. The fraction of sp³-hybridized carbons (Fsp3) is 0.630. The Morgan fingerprint density at radius 1 is 1.11 bits per heavy atom. The first-order valence-corrected chi connectivity index (χ1v) is 12.3. The Morgan fingerprint density at radius 3 is 2.29 bits per heavy atom. The van der Waals surface area contributed by atoms with Crippen molar-refractivity contribution in [3.05, 3.63) is 29.6 Å². The lowest BCUT2D eigenvalue weighted by Crippen LogP contribution is -2.39. The summed E-state index contributed by atoms with van der Waals surface area (Å²) in [5, 5.41) is 8.58. The average Bonchev–Trinajstić information content (AvgIpc) is 2.76. The fourth-order valence-electron chi connectivity index (χ4n) is 4.23. The van der Waals surface area contributed by atoms with Gasteiger partial charge in [0.15, 0.2) is 6.10 Å². The minimum atomic E-state index is -0.930. The standard InChI is InChI=1S/C27H40N4O4/c1-17(2)34-25(32)24(35-26(4,5)6)22-18(3)28-16-19(20-10-11-21(33-9)30-29-20)23(22)31-14-12-27(7,8)13-15-31/h10-11,16-17,24H,12-15H2,1-9H3. The third-order valence-corrected chi connectivity index (χ3v) is 6.15. The summed E-state index contributed by atoms with van der Waals surface area (Å²) < 4.78 is 17.2. The van der Waals surface area contributed by atoms with Gasteiger partial charge in [-0.1, -0.05) is 13.8 Å². The molecule has 192 valence electrons. The SMILES string of the molecule is COc1ccc(-c2cnc(C)c(C(OC(C)(C)C)C(=O)OC(C)C)c2N2CCC(C)(C)CC2)nn1. The first-order valence-electron chi connectivity index (χ1n) is 12.3. The molecule has 0 N–H and O–H groups in total. The summed E-state index contributed by atoms with van der Waals surface area (Å²) in [4.78, 5) is 20.4. The van der Waals surface area contributed by atoms with Gasteiger partial charge in [-0.15, -0.1) is 10.2 Å². The molecule has 8 nitrogen and oxygen atoms in total. The number of nitrogens with zero attached hydrogens (tertiary/aromatic N) is 4. The Balaban J connectivity index is 2.23. The maximum atomic E-state index is 13.4. The van der Waals surface area contributed by atoms with Crippen molar-refractivity contribution in [2.75, 3.05) is 25.1 Å². The third-order valence-electron chi connectivity index (χ3n) is 6.15. The molecule has 2 aromatic heterocycles. The van der Waals surface area contributed by atoms with E-state index in [1.165, 1.54) is 0 Å². The van der Waals surface area contributed by atoms with Crippen LogP contribution in [0.1, 0.15) is 78.7 Å². The van der Waals surface area contributed by atoms with Gasteiger partial charge in [-0.2, -0.15) is 0 Å². The molecule has 0 radical (unpaired) electrons. The van der Waals surface area contributed by atoms with Crippen molar-refractivity contribution in [1.29, 1.82) is 0 Å². The van der Waals surface area contributed by atoms with Gasteiger partial charge in [0.25, 0.3) is 0 Å². The molecule has 1 aliphatic rings. The van der Waals surface area contributed by atoms with Crippen LogP contribution in [0.4, 0.5) is 5.69 Å². The quantitative estimate of drug-likeness (QED) is 0.490. The molecule has 1 aliphatic heterocycles. The van der Waals surface area contributed by atoms with Crippen molar-refractivity contribution in [3.63, 3.8) is 0 Å². The maximum absolute atomic E-state index is 13.4. The molecule has 0 amide bonds. The smallest absolute Gasteiger partial charge is 0.340 e. The van der Waals surface area contributed by atoms with Crippen LogP contribution in [-0.2, 0) is 14.3 Å². The fourth-order valence-corrected chi connectivity index (χ4v) is 4.23. The summed E-state index contributed by atoms with van der Waals surface area (Å²) >= 11 is 0. The van der Waals surface area contributed by atoms with Crippen molar-refractivity contribution in [3.8, 4) is 17.1 Å². The minimum Gasteiger partial charge on any atom is -0.480 e. The molecule has 0 bridgehead atoms. The summed E-state index contributed by atoms with van der Waals surface area (Å²) in [6, 6.07) is 3.65. The van der Waals surface area contributed by atoms with Crippen LogP contribution in [0.25, 0.3) is 11.3 Å². The van der Waals surface area contributed by atoms with E-state index in [9.17, 15) is 4.79 Å². The molecule has 0 aliphatic carbocycles. The average molecular weight is 485 g/mol. The molecule has 0 aromatic carbocycles. The first kappa shape index (κ1) is 26.9. The molecule has 3 heterocycles. The second-order valence-electron chi connectivity index (χ2n) is 11.2. The number of esters is 1. The van der Waals surface area contributed by atoms with Crippen molar-refractivity contribution < 1.29 is 19.0 Å². The van der Waals surface area contributed by atoms with E-state index in [1.807, 2.05) is 53.8 Å². The van der Waals surface area contributed by atoms with E-state index >= 15 is 0 Å². The van der Waals surface area contributed by atoms with E-state index in [0.717, 1.165) is 48.4 Å². The number of aromatic nitrogens is 3. The topological polar surface area (TPSA) is 86.7 Å². The van der Waals surface area contributed by atoms with Crippen molar-refractivity contribution in [1.82, 2.24) is 15.2 Å². The summed E-state index contributed by atoms with van der Waals surface area (Å²) in [6.07, 6.45) is 2.68. The normalized spacial score (nSPS) is 16.8. The Hall–Kier alpha value is -2.74. The highest BCUT2D eigenvalue weighted by Crippen LogP contribution is 2.43. The summed E-state index contributed by atoms with van der Waals surface area (Å²) in [5.74, 6) is 0.0150. The van der Waals surface area contributed by atoms with Crippen LogP contribution < -0.4 is 9.64 Å². The largest absolute Gasteiger partial charge is 0.480 e. The van der Waals surface area contributed by atoms with E-state index in [-0.39, 0.29) is 11.5 Å². The van der Waals surface area contributed by atoms with Gasteiger partial charge in [0.2, 0.25) is 5.88 Å². The number of carbonyl (C=O) groups excluding carboxylic acids is 1. The number of aryl methyl sites for hydroxylation is 1. The second-order valence-corrected chi connectivity index (χ2v) is 11.2. The molecular weight excluding hydrogens is 444 g/mol. The predicted octanol–water partition coefficient (Wildman–Crippen LogP) is 5.29. The van der Waals surface area contributed by atoms with Gasteiger partial charge in [-0.3, -0.25) is 4.98 Å². The Bertz CT molecular complexity index is 1020. The first-order chi connectivity index (χ1) is 16.3. The molecule has 35 heavy (non-hydrogen) atoms. The van der Waals surface area contributed by atoms with Gasteiger partial charge in [0, 0.05) is 42.2 Å². The summed E-state index contributed by atoms with van der Waals surface area (Å²) in [6.45, 7) is 17.7. The molecule has 1 atom stereocenters. The molecule has 1 saturated heterocycles. The summed E-state index contributed by atoms with van der Waals surface area (Å²) in [7, 11) is 1.56. The van der Waals surface area contributed by atoms with Crippen LogP contribution in [-0.4, -0.2) is 53.1 Å². The zero-order chi connectivity index (χ0) is 26.0. The molecule has 2 aromatic rings. The minimum absolute atomic E-state index is 0.261. The number of piperidine rings is 1. The lowest BCUT2D eigenvalue weighted by Gasteiger charge is -2.41. The number of pyridine rings is 1. The van der Waals surface area contributed by atoms with Crippen LogP contribution in [0, 0.1) is 12.3 Å². The van der Waals surface area contributed by atoms with E-state index in [0.29, 0.717) is 11.6 Å². The molecule has 8 heteroatoms. The lowest BCUT2D eigenvalue weighted by molar-refractivity contribution is -0.171. The van der Waals surface area contributed by atoms with Gasteiger partial charge >= 0.3 is 5.97 Å². The van der Waals surface area contributed by atoms with E-state index < -0.39 is 17.7 Å². The number of hydrogen-bond acceptors (Lipinski definition) is 8. The van der Waals surface area contributed by atoms with Crippen molar-refractivity contribution >= 4 is 11.7 Å². The Labute approximate surface area is 209 Å². The van der Waals surface area contributed by atoms with E-state index in [1.54, 1.807) is 13.2 Å². The third kappa shape index (κ3) is 6.69. The molecule has 0 spiro atoms. The van der Waals surface area contributed by atoms with E-state index in [4.69, 9.17) is 14.2 Å². The summed E-state index contributed by atoms with van der Waals surface area (Å²) in [5.41, 5.74) is 3.50. The van der Waals surface area contributed by atoms with Crippen LogP contribution in [0.5, 0.6) is 5.88 Å². The molecule has 1 fully saturated rings. The molecular formula is C27H40N4O4. The van der Waals surface area contributed by atoms with Crippen LogP contribution >= 0.6 is 0 Å². The zero-order valence-electron chi connectivity index (χ0n) is 22.6. The number of hydrogen-bond donors (Lipinski definition) is 0. The number of carbonyl (C=O) groups is 1. The van der Waals surface area contributed by atoms with Crippen LogP contribution in [0.2, 0.25) is 0 Å². The van der Waals surface area contributed by atoms with Gasteiger partial charge < -0.3 is 19.1 Å². The van der Waals surface area contributed by atoms with Crippen LogP contribution in [0.3, 0.4) is 0 Å². The second kappa shape index (κ2) is 10.5. The Morgan fingerprint density at radius 2 is 1.77 bits per heavy atom. The highest BCUT2D eigenvalue weighted by Gasteiger charge is 2.37. The number of ether oxygens (including phenoxy) is 3. The van der Waals surface area contributed by atoms with Gasteiger partial charge in [0.05, 0.1) is 30.2 Å². The Kier molecular flexibility index (Phi) is 8.04. The van der Waals surface area contributed by atoms with E-state index in [2.05, 4.69) is 33.9 Å². The van der Waals surface area contributed by atoms with Crippen LogP contribution in [0.15, 0.2) is 18.3 Å². The zero-order valence-corrected chi connectivity index (χ0v) is 22.6. The van der Waals surface area contributed by atoms with Gasteiger partial charge in [-0.05, 0) is 65.9 Å². The highest BCUT2D eigenvalue weighted by molar-refractivity contribution is 5.86. The molecule has 1 unspecified atom stereocenters. The van der Waals surface area contributed by atoms with Crippen molar-refractivity contribution in [2.24, 2.45) is 5.41 Å². The van der Waals surface area contributed by atoms with Crippen molar-refractivity contribution in [2.45, 2.75) is 86.0 Å². The number of rotatable bonds is 7. The predicted molar refractivity (Wildman–Crippen MR) is 137 cm³/mol.